The predicted octanol–water partition coefficient (Wildman–Crippen LogP) is 8.72. The van der Waals surface area contributed by atoms with Crippen LogP contribution in [-0.2, 0) is 9.59 Å². The summed E-state index contributed by atoms with van der Waals surface area (Å²) in [5.41, 5.74) is 0. The quantitative estimate of drug-likeness (QED) is 0.0512. The molecule has 0 rings (SSSR count). The van der Waals surface area contributed by atoms with E-state index in [9.17, 15) is 19.8 Å². The number of allylic oxidation sites excluding steroid dienone is 8. The van der Waals surface area contributed by atoms with Crippen LogP contribution in [0, 0.1) is 0 Å². The molecule has 0 spiro atoms. The number of unbranched alkanes of at least 4 members (excludes halogenated alkanes) is 18. The Morgan fingerprint density at radius 3 is 0.927 bits per heavy atom. The van der Waals surface area contributed by atoms with E-state index in [0.717, 1.165) is 51.4 Å². The maximum atomic E-state index is 10.2. The molecule has 0 aliphatic rings. The Bertz CT molecular complexity index is 596. The summed E-state index contributed by atoms with van der Waals surface area (Å²) in [6, 6.07) is 0. The second-order valence-electron chi connectivity index (χ2n) is 10.8. The van der Waals surface area contributed by atoms with Crippen molar-refractivity contribution in [1.82, 2.24) is 0 Å². The van der Waals surface area contributed by atoms with Crippen molar-refractivity contribution in [3.63, 3.8) is 0 Å². The first-order valence-corrected chi connectivity index (χ1v) is 16.6. The van der Waals surface area contributed by atoms with Crippen LogP contribution in [0.25, 0.3) is 0 Å². The van der Waals surface area contributed by atoms with E-state index >= 15 is 0 Å². The van der Waals surface area contributed by atoms with Crippen LogP contribution in [0.15, 0.2) is 48.6 Å². The summed E-state index contributed by atoms with van der Waals surface area (Å²) in [6.07, 6.45) is 43.9. The minimum Gasteiger partial charge on any atom is -0.550 e. The van der Waals surface area contributed by atoms with Crippen molar-refractivity contribution in [3.8, 4) is 0 Å². The summed E-state index contributed by atoms with van der Waals surface area (Å²) in [7, 11) is 0. The zero-order chi connectivity index (χ0) is 29.8. The fraction of sp³-hybridized carbons (Fsp3) is 0.722. The van der Waals surface area contributed by atoms with Gasteiger partial charge in [0.05, 0.1) is 0 Å². The number of carbonyl (C=O) groups is 2. The zero-order valence-electron chi connectivity index (χ0n) is 26.9. The molecule has 0 N–H and O–H groups in total. The van der Waals surface area contributed by atoms with Gasteiger partial charge >= 0.3 is 37.7 Å². The van der Waals surface area contributed by atoms with Crippen LogP contribution in [0.3, 0.4) is 0 Å². The van der Waals surface area contributed by atoms with E-state index in [1.54, 1.807) is 0 Å². The molecule has 0 aromatic heterocycles. The Kier molecular flexibility index (Phi) is 44.9. The number of hydrogen-bond acceptors (Lipinski definition) is 4. The molecule has 5 heteroatoms. The molecule has 0 aliphatic carbocycles. The number of carboxylic acid groups (broad SMARTS) is 2. The normalized spacial score (nSPS) is 11.4. The molecular formula is C36H62CaO4. The maximum Gasteiger partial charge on any atom is 2.00 e. The van der Waals surface area contributed by atoms with Gasteiger partial charge in [0.25, 0.3) is 0 Å². The van der Waals surface area contributed by atoms with Crippen molar-refractivity contribution in [1.29, 1.82) is 0 Å². The Labute approximate surface area is 284 Å². The third-order valence-electron chi connectivity index (χ3n) is 6.72. The first-order valence-electron chi connectivity index (χ1n) is 16.6. The average Bonchev–Trinajstić information content (AvgIpc) is 2.93. The molecule has 0 saturated carbocycles. The predicted molar refractivity (Wildman–Crippen MR) is 174 cm³/mol. The minimum atomic E-state index is -0.922. The monoisotopic (exact) mass is 598 g/mol. The van der Waals surface area contributed by atoms with Crippen LogP contribution in [0.1, 0.15) is 168 Å². The van der Waals surface area contributed by atoms with Gasteiger partial charge in [-0.15, -0.1) is 0 Å². The van der Waals surface area contributed by atoms with Crippen LogP contribution in [0.5, 0.6) is 0 Å². The van der Waals surface area contributed by atoms with Gasteiger partial charge in [-0.2, -0.15) is 0 Å². The largest absolute Gasteiger partial charge is 2.00 e. The average molecular weight is 599 g/mol. The molecule has 0 bridgehead atoms. The van der Waals surface area contributed by atoms with E-state index in [-0.39, 0.29) is 50.6 Å². The second kappa shape index (κ2) is 41.3. The topological polar surface area (TPSA) is 80.3 Å². The van der Waals surface area contributed by atoms with Crippen molar-refractivity contribution < 1.29 is 19.8 Å². The Morgan fingerprint density at radius 2 is 0.659 bits per heavy atom. The van der Waals surface area contributed by atoms with Gasteiger partial charge in [0, 0.05) is 11.9 Å². The van der Waals surface area contributed by atoms with E-state index in [1.807, 2.05) is 0 Å². The summed E-state index contributed by atoms with van der Waals surface area (Å²) < 4.78 is 0. The summed E-state index contributed by atoms with van der Waals surface area (Å²) in [4.78, 5) is 20.4. The third-order valence-corrected chi connectivity index (χ3v) is 6.72. The van der Waals surface area contributed by atoms with Crippen molar-refractivity contribution in [2.45, 2.75) is 168 Å². The molecular weight excluding hydrogens is 536 g/mol. The molecule has 232 valence electrons. The molecule has 4 nitrogen and oxygen atoms in total. The summed E-state index contributed by atoms with van der Waals surface area (Å²) in [6.45, 7) is 4.48. The molecule has 0 aromatic rings. The number of rotatable bonds is 28. The Balaban J connectivity index is -0.000000688. The fourth-order valence-corrected chi connectivity index (χ4v) is 4.20. The molecule has 0 radical (unpaired) electrons. The molecule has 0 heterocycles. The first kappa shape index (κ1) is 44.6. The van der Waals surface area contributed by atoms with Crippen molar-refractivity contribution in [3.05, 3.63) is 48.6 Å². The smallest absolute Gasteiger partial charge is 0.550 e. The second-order valence-corrected chi connectivity index (χ2v) is 10.8. The van der Waals surface area contributed by atoms with Gasteiger partial charge < -0.3 is 19.8 Å². The van der Waals surface area contributed by atoms with Gasteiger partial charge in [-0.05, 0) is 77.0 Å². The van der Waals surface area contributed by atoms with E-state index in [4.69, 9.17) is 0 Å². The number of aliphatic carboxylic acids is 2. The van der Waals surface area contributed by atoms with E-state index in [1.165, 1.54) is 89.9 Å². The van der Waals surface area contributed by atoms with Crippen molar-refractivity contribution in [2.24, 2.45) is 0 Å². The van der Waals surface area contributed by atoms with Crippen molar-refractivity contribution >= 4 is 49.7 Å². The molecule has 0 fully saturated rings. The summed E-state index contributed by atoms with van der Waals surface area (Å²) >= 11 is 0. The fourth-order valence-electron chi connectivity index (χ4n) is 4.20. The molecule has 0 saturated heterocycles. The molecule has 0 aromatic carbocycles. The first-order chi connectivity index (χ1) is 19.5. The van der Waals surface area contributed by atoms with Crippen LogP contribution < -0.4 is 10.2 Å². The Hall–Kier alpha value is -0.840. The number of carboxylic acids is 2. The number of carbonyl (C=O) groups excluding carboxylic acids is 2. The molecule has 0 unspecified atom stereocenters. The third kappa shape index (κ3) is 49.2. The summed E-state index contributed by atoms with van der Waals surface area (Å²) in [5, 5.41) is 20.4. The Morgan fingerprint density at radius 1 is 0.415 bits per heavy atom. The molecule has 0 atom stereocenters. The van der Waals surface area contributed by atoms with Crippen LogP contribution >= 0.6 is 0 Å². The molecule has 41 heavy (non-hydrogen) atoms. The van der Waals surface area contributed by atoms with Crippen LogP contribution in [-0.4, -0.2) is 49.7 Å². The van der Waals surface area contributed by atoms with Gasteiger partial charge in [0.1, 0.15) is 0 Å². The van der Waals surface area contributed by atoms with Crippen LogP contribution in [0.2, 0.25) is 0 Å². The number of hydrogen-bond donors (Lipinski definition) is 0. The van der Waals surface area contributed by atoms with Crippen LogP contribution in [0.4, 0.5) is 0 Å². The van der Waals surface area contributed by atoms with E-state index in [0.29, 0.717) is 0 Å². The molecule has 0 amide bonds. The SMILES string of the molecule is CCCCCC/C=C/C=C\CCCCCCCC(=O)[O-].CCCCCC/C=C/C=C\CCCCCCCC(=O)[O-].[Ca+2]. The maximum absolute atomic E-state index is 10.2. The van der Waals surface area contributed by atoms with Gasteiger partial charge in [-0.3, -0.25) is 0 Å². The standard InChI is InChI=1S/2C18H32O2.Ca/c2*1-2-3-4-5-6-7-8-9-10-11-12-13-14-15-16-17-18(19)20;/h2*7-10H,2-6,11-17H2,1H3,(H,19,20);/q;;+2/p-2/b2*8-7+,10-9-;. The zero-order valence-corrected chi connectivity index (χ0v) is 29.1. The van der Waals surface area contributed by atoms with Crippen molar-refractivity contribution in [2.75, 3.05) is 0 Å². The van der Waals surface area contributed by atoms with Gasteiger partial charge in [-0.25, -0.2) is 0 Å². The van der Waals surface area contributed by atoms with Gasteiger partial charge in [0.15, 0.2) is 0 Å². The van der Waals surface area contributed by atoms with E-state index < -0.39 is 11.9 Å². The minimum absolute atomic E-state index is 0. The van der Waals surface area contributed by atoms with E-state index in [2.05, 4.69) is 62.5 Å². The molecule has 0 aliphatic heterocycles. The summed E-state index contributed by atoms with van der Waals surface area (Å²) in [5.74, 6) is -1.84. The van der Waals surface area contributed by atoms with Gasteiger partial charge in [-0.1, -0.05) is 140 Å². The van der Waals surface area contributed by atoms with Gasteiger partial charge in [0.2, 0.25) is 0 Å².